The summed E-state index contributed by atoms with van der Waals surface area (Å²) in [4.78, 5) is 0. The summed E-state index contributed by atoms with van der Waals surface area (Å²) in [6.45, 7) is 0. The predicted molar refractivity (Wildman–Crippen MR) is 46.9 cm³/mol. The van der Waals surface area contributed by atoms with Gasteiger partial charge in [0, 0.05) is 0 Å². The Hall–Kier alpha value is -0.112. The minimum atomic E-state index is -6.00. The van der Waals surface area contributed by atoms with Crippen LogP contribution >= 0.6 is 0 Å². The molecule has 0 unspecified atom stereocenters. The number of rotatable bonds is 0. The van der Waals surface area contributed by atoms with Crippen LogP contribution < -0.4 is 0 Å². The molecular weight excluding hydrogens is 286 g/mol. The fourth-order valence-corrected chi connectivity index (χ4v) is 0.874. The van der Waals surface area contributed by atoms with Gasteiger partial charge in [-0.15, -0.1) is 0 Å². The van der Waals surface area contributed by atoms with E-state index >= 15 is 0 Å². The first-order valence-electron chi connectivity index (χ1n) is 4.19. The maximum atomic E-state index is 9.75. The first-order valence-corrected chi connectivity index (χ1v) is 4.19. The Morgan fingerprint density at radius 3 is 1.36 bits per heavy atom. The van der Waals surface area contributed by atoms with Gasteiger partial charge in [0.25, 0.3) is 0 Å². The van der Waals surface area contributed by atoms with Gasteiger partial charge < -0.3 is 17.3 Å². The largest absolute Gasteiger partial charge is 2.00 e. The fraction of sp³-hybridized carbons (Fsp3) is 0.500. The molecule has 0 aliphatic heterocycles. The Morgan fingerprint density at radius 2 is 1.07 bits per heavy atom. The quantitative estimate of drug-likeness (QED) is 0.469. The van der Waals surface area contributed by atoms with E-state index in [1.54, 1.807) is 0 Å². The van der Waals surface area contributed by atoms with E-state index in [-0.39, 0.29) is 19.5 Å². The van der Waals surface area contributed by atoms with E-state index in [1.165, 1.54) is 25.7 Å². The maximum absolute atomic E-state index is 9.75. The van der Waals surface area contributed by atoms with E-state index < -0.39 is 7.25 Å². The van der Waals surface area contributed by atoms with Gasteiger partial charge in [-0.3, -0.25) is 0 Å². The number of halogens is 4. The maximum Gasteiger partial charge on any atom is 2.00 e. The third-order valence-electron chi connectivity index (χ3n) is 1.37. The molecule has 0 bridgehead atoms. The molecule has 1 rings (SSSR count). The van der Waals surface area contributed by atoms with Crippen molar-refractivity contribution in [3.05, 3.63) is 24.3 Å². The van der Waals surface area contributed by atoms with E-state index in [2.05, 4.69) is 24.3 Å². The van der Waals surface area contributed by atoms with Crippen LogP contribution in [0.1, 0.15) is 25.7 Å². The molecule has 0 nitrogen and oxygen atoms in total. The molecule has 83 valence electrons. The molecule has 0 aromatic carbocycles. The Morgan fingerprint density at radius 1 is 0.786 bits per heavy atom. The molecule has 0 spiro atoms. The summed E-state index contributed by atoms with van der Waals surface area (Å²) in [6, 6.07) is 0. The average molecular weight is 298 g/mol. The second kappa shape index (κ2) is 9.44. The van der Waals surface area contributed by atoms with Crippen molar-refractivity contribution in [2.45, 2.75) is 25.7 Å². The third kappa shape index (κ3) is 22.7. The second-order valence-electron chi connectivity index (χ2n) is 2.64. The van der Waals surface area contributed by atoms with Gasteiger partial charge in [0.05, 0.1) is 0 Å². The third-order valence-corrected chi connectivity index (χ3v) is 1.37. The molecule has 1 aliphatic carbocycles. The van der Waals surface area contributed by atoms with Crippen molar-refractivity contribution < 1.29 is 36.7 Å². The van der Waals surface area contributed by atoms with E-state index in [9.17, 15) is 17.3 Å². The molecule has 0 atom stereocenters. The second-order valence-corrected chi connectivity index (χ2v) is 2.64. The first kappa shape index (κ1) is 16.3. The van der Waals surface area contributed by atoms with Crippen LogP contribution in [0.3, 0.4) is 0 Å². The Bertz CT molecular complexity index is 157. The predicted octanol–water partition coefficient (Wildman–Crippen LogP) is 3.97. The number of allylic oxidation sites excluding steroid dienone is 4. The summed E-state index contributed by atoms with van der Waals surface area (Å²) in [5.74, 6) is 0. The normalized spacial score (nSPS) is 20.3. The molecule has 0 aromatic rings. The summed E-state index contributed by atoms with van der Waals surface area (Å²) in [5.41, 5.74) is 0. The number of hydrogen-bond acceptors (Lipinski definition) is 0. The zero-order valence-corrected chi connectivity index (χ0v) is 9.20. The van der Waals surface area contributed by atoms with Crippen molar-refractivity contribution in [1.29, 1.82) is 0 Å². The minimum Gasteiger partial charge on any atom is -0.418 e. The smallest absolute Gasteiger partial charge is 0.418 e. The van der Waals surface area contributed by atoms with Crippen LogP contribution in [-0.2, 0) is 19.5 Å². The monoisotopic (exact) mass is 298 g/mol. The van der Waals surface area contributed by atoms with Gasteiger partial charge in [-0.1, -0.05) is 24.3 Å². The molecule has 1 aliphatic rings. The van der Waals surface area contributed by atoms with Gasteiger partial charge in [0.2, 0.25) is 0 Å². The summed E-state index contributed by atoms with van der Waals surface area (Å²) in [6.07, 6.45) is 14.0. The Balaban J connectivity index is 0. The van der Waals surface area contributed by atoms with Gasteiger partial charge in [-0.2, -0.15) is 0 Å². The van der Waals surface area contributed by atoms with Crippen molar-refractivity contribution in [1.82, 2.24) is 0 Å². The first-order chi connectivity index (χ1) is 6.00. The molecule has 1 radical (unpaired) electrons. The summed E-state index contributed by atoms with van der Waals surface area (Å²) in [7, 11) is -6.00. The van der Waals surface area contributed by atoms with E-state index in [4.69, 9.17) is 0 Å². The van der Waals surface area contributed by atoms with E-state index in [1.807, 2.05) is 0 Å². The molecule has 0 N–H and O–H groups in total. The minimum absolute atomic E-state index is 0. The van der Waals surface area contributed by atoms with Crippen LogP contribution in [0.4, 0.5) is 17.3 Å². The van der Waals surface area contributed by atoms with Crippen LogP contribution in [-0.4, -0.2) is 7.25 Å². The van der Waals surface area contributed by atoms with Crippen LogP contribution in [0.25, 0.3) is 0 Å². The van der Waals surface area contributed by atoms with Crippen molar-refractivity contribution in [2.24, 2.45) is 0 Å². The topological polar surface area (TPSA) is 0 Å². The molecular formula is C8H12BF4Rh+. The summed E-state index contributed by atoms with van der Waals surface area (Å²) in [5, 5.41) is 0. The van der Waals surface area contributed by atoms with Crippen LogP contribution in [0, 0.1) is 0 Å². The zero-order chi connectivity index (χ0) is 10.2. The Labute approximate surface area is 94.3 Å². The molecule has 0 aromatic heterocycles. The molecule has 0 saturated heterocycles. The Kier molecular flexibility index (Phi) is 11.0. The van der Waals surface area contributed by atoms with E-state index in [0.717, 1.165) is 0 Å². The molecule has 0 saturated carbocycles. The van der Waals surface area contributed by atoms with Crippen LogP contribution in [0.2, 0.25) is 0 Å². The van der Waals surface area contributed by atoms with Crippen LogP contribution in [0.15, 0.2) is 24.3 Å². The van der Waals surface area contributed by atoms with Gasteiger partial charge in [-0.05, 0) is 25.7 Å². The molecule has 0 amide bonds. The molecule has 0 fully saturated rings. The number of hydrogen-bond donors (Lipinski definition) is 0. The van der Waals surface area contributed by atoms with E-state index in [0.29, 0.717) is 0 Å². The SMILES string of the molecule is C1=C\CCCC\C=C/1.F[B-](F)(F)F.[Rh+2]. The standard InChI is InChI=1S/C8H12.BF4.Rh/c1-2-4-6-8-7-5-3-1;2-1(3,4)5;/h1-4H,5-8H2;;/q;-1;+2/b3-1-,4-2-;;. The van der Waals surface area contributed by atoms with Crippen molar-refractivity contribution in [2.75, 3.05) is 0 Å². The summed E-state index contributed by atoms with van der Waals surface area (Å²) < 4.78 is 39.0. The van der Waals surface area contributed by atoms with Gasteiger partial charge in [-0.25, -0.2) is 0 Å². The summed E-state index contributed by atoms with van der Waals surface area (Å²) >= 11 is 0. The van der Waals surface area contributed by atoms with Gasteiger partial charge in [0.15, 0.2) is 0 Å². The van der Waals surface area contributed by atoms with Gasteiger partial charge >= 0.3 is 26.7 Å². The van der Waals surface area contributed by atoms with Crippen molar-refractivity contribution in [3.63, 3.8) is 0 Å². The van der Waals surface area contributed by atoms with Crippen molar-refractivity contribution >= 4 is 7.25 Å². The molecule has 6 heteroatoms. The zero-order valence-electron chi connectivity index (χ0n) is 7.56. The fourth-order valence-electron chi connectivity index (χ4n) is 0.874. The molecule has 14 heavy (non-hydrogen) atoms. The van der Waals surface area contributed by atoms with Crippen LogP contribution in [0.5, 0.6) is 0 Å². The average Bonchev–Trinajstić information content (AvgIpc) is 1.79. The van der Waals surface area contributed by atoms with Crippen molar-refractivity contribution in [3.8, 4) is 0 Å². The van der Waals surface area contributed by atoms with Gasteiger partial charge in [0.1, 0.15) is 0 Å². The molecule has 0 heterocycles.